The summed E-state index contributed by atoms with van der Waals surface area (Å²) in [5.41, 5.74) is 0.105. The van der Waals surface area contributed by atoms with Gasteiger partial charge in [-0.25, -0.2) is 4.79 Å². The van der Waals surface area contributed by atoms with Crippen LogP contribution in [-0.4, -0.2) is 15.6 Å². The van der Waals surface area contributed by atoms with Gasteiger partial charge in [-0.15, -0.1) is 0 Å². The second kappa shape index (κ2) is 4.59. The molecule has 0 saturated heterocycles. The summed E-state index contributed by atoms with van der Waals surface area (Å²) in [7, 11) is 0. The molecule has 1 N–H and O–H groups in total. The molecule has 0 aliphatic heterocycles. The van der Waals surface area contributed by atoms with Gasteiger partial charge in [0.1, 0.15) is 5.56 Å². The Morgan fingerprint density at radius 3 is 2.73 bits per heavy atom. The summed E-state index contributed by atoms with van der Waals surface area (Å²) < 4.78 is 1.43. The van der Waals surface area contributed by atoms with Crippen molar-refractivity contribution in [1.82, 2.24) is 4.57 Å². The molecule has 0 aliphatic rings. The van der Waals surface area contributed by atoms with E-state index in [2.05, 4.69) is 0 Å². The van der Waals surface area contributed by atoms with Gasteiger partial charge in [0.25, 0.3) is 5.56 Å². The number of hydrogen-bond donors (Lipinski definition) is 1. The van der Waals surface area contributed by atoms with Crippen LogP contribution < -0.4 is 5.56 Å². The minimum atomic E-state index is -1.19. The molecule has 0 aliphatic carbocycles. The van der Waals surface area contributed by atoms with E-state index in [1.807, 2.05) is 13.0 Å². The normalized spacial score (nSPS) is 10.8. The average molecular weight is 207 g/mol. The molecule has 4 nitrogen and oxygen atoms in total. The summed E-state index contributed by atoms with van der Waals surface area (Å²) in [6.07, 6.45) is 3.62. The minimum absolute atomic E-state index is 0.190. The fourth-order valence-corrected chi connectivity index (χ4v) is 1.27. The molecule has 1 rings (SSSR count). The quantitative estimate of drug-likeness (QED) is 0.763. The smallest absolute Gasteiger partial charge is 0.341 e. The fourth-order valence-electron chi connectivity index (χ4n) is 1.27. The second-order valence-electron chi connectivity index (χ2n) is 3.18. The van der Waals surface area contributed by atoms with Crippen LogP contribution in [0.2, 0.25) is 0 Å². The Balaban J connectivity index is 3.30. The Hall–Kier alpha value is -1.84. The zero-order chi connectivity index (χ0) is 11.4. The molecular weight excluding hydrogens is 194 g/mol. The summed E-state index contributed by atoms with van der Waals surface area (Å²) in [5.74, 6) is -1.19. The number of nitrogens with zero attached hydrogens (tertiary/aromatic N) is 1. The van der Waals surface area contributed by atoms with E-state index in [1.165, 1.54) is 10.6 Å². The van der Waals surface area contributed by atoms with Crippen LogP contribution in [0.1, 0.15) is 23.0 Å². The molecule has 4 heteroatoms. The lowest BCUT2D eigenvalue weighted by Crippen LogP contribution is -2.27. The highest BCUT2D eigenvalue weighted by atomic mass is 16.4. The van der Waals surface area contributed by atoms with E-state index in [1.54, 1.807) is 19.1 Å². The predicted octanol–water partition coefficient (Wildman–Crippen LogP) is 1.43. The van der Waals surface area contributed by atoms with Gasteiger partial charge in [-0.05, 0) is 26.0 Å². The van der Waals surface area contributed by atoms with Gasteiger partial charge in [0.05, 0.1) is 0 Å². The summed E-state index contributed by atoms with van der Waals surface area (Å²) in [5, 5.41) is 8.78. The van der Waals surface area contributed by atoms with Crippen LogP contribution in [0.3, 0.4) is 0 Å². The van der Waals surface area contributed by atoms with Crippen LogP contribution in [0.5, 0.6) is 0 Å². The van der Waals surface area contributed by atoms with Crippen molar-refractivity contribution in [1.29, 1.82) is 0 Å². The Bertz CT molecular complexity index is 457. The van der Waals surface area contributed by atoms with Crippen molar-refractivity contribution in [3.8, 4) is 0 Å². The van der Waals surface area contributed by atoms with E-state index >= 15 is 0 Å². The summed E-state index contributed by atoms with van der Waals surface area (Å²) in [6.45, 7) is 4.03. The molecule has 1 heterocycles. The maximum absolute atomic E-state index is 11.7. The molecule has 1 aromatic heterocycles. The van der Waals surface area contributed by atoms with Gasteiger partial charge in [0, 0.05) is 12.2 Å². The first kappa shape index (κ1) is 11.2. The van der Waals surface area contributed by atoms with E-state index in [-0.39, 0.29) is 5.56 Å². The topological polar surface area (TPSA) is 59.3 Å². The first-order valence-electron chi connectivity index (χ1n) is 4.62. The van der Waals surface area contributed by atoms with E-state index in [9.17, 15) is 9.59 Å². The zero-order valence-corrected chi connectivity index (χ0v) is 8.73. The van der Waals surface area contributed by atoms with Crippen molar-refractivity contribution in [2.24, 2.45) is 0 Å². The van der Waals surface area contributed by atoms with E-state index in [0.717, 1.165) is 5.69 Å². The van der Waals surface area contributed by atoms with Gasteiger partial charge < -0.3 is 9.67 Å². The van der Waals surface area contributed by atoms with Crippen LogP contribution in [0.4, 0.5) is 0 Å². The molecule has 0 atom stereocenters. The first-order valence-corrected chi connectivity index (χ1v) is 4.62. The molecule has 0 amide bonds. The third-order valence-electron chi connectivity index (χ3n) is 2.15. The van der Waals surface area contributed by atoms with Crippen molar-refractivity contribution >= 4 is 5.97 Å². The van der Waals surface area contributed by atoms with Crippen molar-refractivity contribution in [2.75, 3.05) is 0 Å². The maximum Gasteiger partial charge on any atom is 0.341 e. The minimum Gasteiger partial charge on any atom is -0.477 e. The highest BCUT2D eigenvalue weighted by Gasteiger charge is 2.11. The Kier molecular flexibility index (Phi) is 3.44. The van der Waals surface area contributed by atoms with E-state index < -0.39 is 11.5 Å². The lowest BCUT2D eigenvalue weighted by atomic mass is 10.2. The van der Waals surface area contributed by atoms with Crippen LogP contribution >= 0.6 is 0 Å². The highest BCUT2D eigenvalue weighted by Crippen LogP contribution is 1.99. The van der Waals surface area contributed by atoms with Crippen molar-refractivity contribution < 1.29 is 9.90 Å². The van der Waals surface area contributed by atoms with Crippen LogP contribution in [0.25, 0.3) is 0 Å². The maximum atomic E-state index is 11.7. The third-order valence-corrected chi connectivity index (χ3v) is 2.15. The molecular formula is C11H13NO3. The molecule has 15 heavy (non-hydrogen) atoms. The van der Waals surface area contributed by atoms with E-state index in [0.29, 0.717) is 6.54 Å². The van der Waals surface area contributed by atoms with Gasteiger partial charge in [0.2, 0.25) is 0 Å². The van der Waals surface area contributed by atoms with Crippen LogP contribution in [0.15, 0.2) is 29.1 Å². The molecule has 0 saturated carbocycles. The molecule has 0 aromatic carbocycles. The number of allylic oxidation sites excluding steroid dienone is 2. The average Bonchev–Trinajstić information content (AvgIpc) is 2.17. The number of pyridine rings is 1. The van der Waals surface area contributed by atoms with Crippen LogP contribution in [-0.2, 0) is 6.54 Å². The lowest BCUT2D eigenvalue weighted by Gasteiger charge is -2.07. The first-order chi connectivity index (χ1) is 7.07. The number of carboxylic acid groups (broad SMARTS) is 1. The third kappa shape index (κ3) is 2.34. The molecule has 0 radical (unpaired) electrons. The number of carbonyl (C=O) groups is 1. The highest BCUT2D eigenvalue weighted by molar-refractivity contribution is 5.87. The van der Waals surface area contributed by atoms with E-state index in [4.69, 9.17) is 5.11 Å². The van der Waals surface area contributed by atoms with Crippen molar-refractivity contribution in [3.63, 3.8) is 0 Å². The number of carboxylic acids is 1. The zero-order valence-electron chi connectivity index (χ0n) is 8.73. The molecule has 0 fully saturated rings. The van der Waals surface area contributed by atoms with Gasteiger partial charge in [-0.1, -0.05) is 12.2 Å². The molecule has 1 aromatic rings. The number of rotatable bonds is 3. The number of aromatic carboxylic acids is 1. The predicted molar refractivity (Wildman–Crippen MR) is 57.2 cm³/mol. The monoisotopic (exact) mass is 207 g/mol. The largest absolute Gasteiger partial charge is 0.477 e. The van der Waals surface area contributed by atoms with Crippen LogP contribution in [0, 0.1) is 6.92 Å². The Labute approximate surface area is 87.5 Å². The standard InChI is InChI=1S/C11H13NO3/c1-3-4-7-12-8(2)5-6-9(10(12)13)11(14)15/h3-6H,7H2,1-2H3,(H,14,15)/b4-3+. The fraction of sp³-hybridized carbons (Fsp3) is 0.273. The summed E-state index contributed by atoms with van der Waals surface area (Å²) >= 11 is 0. The number of aromatic nitrogens is 1. The summed E-state index contributed by atoms with van der Waals surface area (Å²) in [6, 6.07) is 2.97. The SMILES string of the molecule is C/C=C/Cn1c(C)ccc(C(=O)O)c1=O. The molecule has 0 spiro atoms. The van der Waals surface area contributed by atoms with Crippen molar-refractivity contribution in [2.45, 2.75) is 20.4 Å². The molecule has 0 unspecified atom stereocenters. The van der Waals surface area contributed by atoms with Crippen molar-refractivity contribution in [3.05, 3.63) is 45.9 Å². The Morgan fingerprint density at radius 2 is 2.20 bits per heavy atom. The van der Waals surface area contributed by atoms with Gasteiger partial charge in [-0.2, -0.15) is 0 Å². The Morgan fingerprint density at radius 1 is 1.53 bits per heavy atom. The van der Waals surface area contributed by atoms with Gasteiger partial charge >= 0.3 is 5.97 Å². The van der Waals surface area contributed by atoms with Gasteiger partial charge in [-0.3, -0.25) is 4.79 Å². The number of hydrogen-bond acceptors (Lipinski definition) is 2. The lowest BCUT2D eigenvalue weighted by molar-refractivity contribution is 0.0694. The molecule has 0 bridgehead atoms. The number of aryl methyl sites for hydroxylation is 1. The molecule has 80 valence electrons. The van der Waals surface area contributed by atoms with Gasteiger partial charge in [0.15, 0.2) is 0 Å². The summed E-state index contributed by atoms with van der Waals surface area (Å²) in [4.78, 5) is 22.4. The second-order valence-corrected chi connectivity index (χ2v) is 3.18.